The topological polar surface area (TPSA) is 66.4 Å². The highest BCUT2D eigenvalue weighted by molar-refractivity contribution is 5.96. The summed E-state index contributed by atoms with van der Waals surface area (Å²) in [5.41, 5.74) is 1.78. The summed E-state index contributed by atoms with van der Waals surface area (Å²) >= 11 is 0. The van der Waals surface area contributed by atoms with E-state index >= 15 is 0 Å². The maximum Gasteiger partial charge on any atom is 0.335 e. The number of hydrogen-bond donors (Lipinski definition) is 2. The van der Waals surface area contributed by atoms with Crippen molar-refractivity contribution in [2.24, 2.45) is 11.3 Å². The summed E-state index contributed by atoms with van der Waals surface area (Å²) in [5, 5.41) is 11.7. The first kappa shape index (κ1) is 12.6. The van der Waals surface area contributed by atoms with E-state index in [1.807, 2.05) is 0 Å². The van der Waals surface area contributed by atoms with Crippen molar-refractivity contribution in [2.75, 3.05) is 5.32 Å². The van der Waals surface area contributed by atoms with Gasteiger partial charge in [-0.3, -0.25) is 4.79 Å². The van der Waals surface area contributed by atoms with E-state index in [9.17, 15) is 9.59 Å². The van der Waals surface area contributed by atoms with Gasteiger partial charge in [0, 0.05) is 11.6 Å². The van der Waals surface area contributed by atoms with Crippen molar-refractivity contribution in [1.29, 1.82) is 0 Å². The summed E-state index contributed by atoms with van der Waals surface area (Å²) in [4.78, 5) is 22.7. The molecular weight excluding hydrogens is 230 g/mol. The van der Waals surface area contributed by atoms with Gasteiger partial charge in [-0.1, -0.05) is 13.8 Å². The van der Waals surface area contributed by atoms with Gasteiger partial charge in [0.1, 0.15) is 0 Å². The van der Waals surface area contributed by atoms with Gasteiger partial charge in [0.15, 0.2) is 0 Å². The molecule has 1 aliphatic carbocycles. The van der Waals surface area contributed by atoms with Crippen molar-refractivity contribution in [3.05, 3.63) is 29.3 Å². The van der Waals surface area contributed by atoms with E-state index in [2.05, 4.69) is 19.2 Å². The van der Waals surface area contributed by atoms with Gasteiger partial charge in [-0.25, -0.2) is 4.79 Å². The molecule has 0 radical (unpaired) electrons. The fourth-order valence-electron chi connectivity index (χ4n) is 2.07. The zero-order valence-corrected chi connectivity index (χ0v) is 10.8. The second-order valence-electron chi connectivity index (χ2n) is 5.57. The minimum atomic E-state index is -0.959. The Balaban J connectivity index is 2.11. The fraction of sp³-hybridized carbons (Fsp3) is 0.429. The van der Waals surface area contributed by atoms with Crippen LogP contribution >= 0.6 is 0 Å². The van der Waals surface area contributed by atoms with Crippen LogP contribution in [-0.2, 0) is 4.79 Å². The standard InChI is InChI=1S/C14H17NO3/c1-8-6-9(13(17)18)4-5-11(8)15-12(16)10-7-14(10,2)3/h4-6,10H,7H2,1-3H3,(H,15,16)(H,17,18). The number of carbonyl (C=O) groups is 2. The lowest BCUT2D eigenvalue weighted by Gasteiger charge is -2.10. The van der Waals surface area contributed by atoms with E-state index in [0.717, 1.165) is 12.0 Å². The number of aromatic carboxylic acids is 1. The van der Waals surface area contributed by atoms with E-state index in [4.69, 9.17) is 5.11 Å². The molecule has 1 unspecified atom stereocenters. The third-order valence-corrected chi connectivity index (χ3v) is 3.56. The molecule has 4 heteroatoms. The first-order chi connectivity index (χ1) is 8.31. The lowest BCUT2D eigenvalue weighted by Crippen LogP contribution is -2.17. The third kappa shape index (κ3) is 2.37. The molecule has 1 fully saturated rings. The monoisotopic (exact) mass is 247 g/mol. The van der Waals surface area contributed by atoms with E-state index in [1.54, 1.807) is 19.1 Å². The molecule has 2 N–H and O–H groups in total. The Morgan fingerprint density at radius 1 is 1.39 bits per heavy atom. The SMILES string of the molecule is Cc1cc(C(=O)O)ccc1NC(=O)C1CC1(C)C. The zero-order chi connectivity index (χ0) is 13.5. The molecule has 0 heterocycles. The summed E-state index contributed by atoms with van der Waals surface area (Å²) in [6.07, 6.45) is 0.908. The average Bonchev–Trinajstić information content (AvgIpc) is 2.90. The first-order valence-electron chi connectivity index (χ1n) is 5.96. The highest BCUT2D eigenvalue weighted by Gasteiger charge is 2.50. The Labute approximate surface area is 106 Å². The van der Waals surface area contributed by atoms with Crippen molar-refractivity contribution in [3.8, 4) is 0 Å². The van der Waals surface area contributed by atoms with Crippen LogP contribution in [0.5, 0.6) is 0 Å². The molecule has 18 heavy (non-hydrogen) atoms. The van der Waals surface area contributed by atoms with Gasteiger partial charge >= 0.3 is 5.97 Å². The molecule has 1 aromatic carbocycles. The first-order valence-corrected chi connectivity index (χ1v) is 5.96. The van der Waals surface area contributed by atoms with Crippen molar-refractivity contribution in [1.82, 2.24) is 0 Å². The van der Waals surface area contributed by atoms with Crippen LogP contribution in [0.4, 0.5) is 5.69 Å². The quantitative estimate of drug-likeness (QED) is 0.863. The lowest BCUT2D eigenvalue weighted by molar-refractivity contribution is -0.118. The molecule has 1 amide bonds. The zero-order valence-electron chi connectivity index (χ0n) is 10.8. The van der Waals surface area contributed by atoms with E-state index in [-0.39, 0.29) is 22.8 Å². The molecule has 0 spiro atoms. The van der Waals surface area contributed by atoms with Crippen LogP contribution in [0.3, 0.4) is 0 Å². The maximum absolute atomic E-state index is 11.9. The maximum atomic E-state index is 11.9. The lowest BCUT2D eigenvalue weighted by atomic mass is 10.1. The van der Waals surface area contributed by atoms with Gasteiger partial charge in [0.2, 0.25) is 5.91 Å². The Kier molecular flexibility index (Phi) is 2.89. The van der Waals surface area contributed by atoms with Crippen LogP contribution in [0.1, 0.15) is 36.2 Å². The van der Waals surface area contributed by atoms with Crippen LogP contribution in [0.25, 0.3) is 0 Å². The number of nitrogens with one attached hydrogen (secondary N) is 1. The van der Waals surface area contributed by atoms with Crippen molar-refractivity contribution < 1.29 is 14.7 Å². The highest BCUT2D eigenvalue weighted by Crippen LogP contribution is 2.52. The number of carbonyl (C=O) groups excluding carboxylic acids is 1. The van der Waals surface area contributed by atoms with Crippen LogP contribution in [-0.4, -0.2) is 17.0 Å². The summed E-state index contributed by atoms with van der Waals surface area (Å²) < 4.78 is 0. The van der Waals surface area contributed by atoms with Crippen LogP contribution in [0, 0.1) is 18.3 Å². The molecule has 0 aromatic heterocycles. The molecule has 0 bridgehead atoms. The number of carboxylic acid groups (broad SMARTS) is 1. The summed E-state index contributed by atoms with van der Waals surface area (Å²) in [6, 6.07) is 4.71. The molecule has 0 saturated heterocycles. The molecular formula is C14H17NO3. The van der Waals surface area contributed by atoms with Gasteiger partial charge in [-0.2, -0.15) is 0 Å². The smallest absolute Gasteiger partial charge is 0.335 e. The molecule has 1 aliphatic rings. The van der Waals surface area contributed by atoms with Gasteiger partial charge < -0.3 is 10.4 Å². The minimum absolute atomic E-state index is 0.0196. The largest absolute Gasteiger partial charge is 0.478 e. The molecule has 4 nitrogen and oxygen atoms in total. The second-order valence-corrected chi connectivity index (χ2v) is 5.57. The van der Waals surface area contributed by atoms with E-state index in [1.165, 1.54) is 6.07 Å². The number of carboxylic acids is 1. The van der Waals surface area contributed by atoms with Crippen LogP contribution < -0.4 is 5.32 Å². The summed E-state index contributed by atoms with van der Waals surface area (Å²) in [6.45, 7) is 5.93. The Hall–Kier alpha value is -1.84. The van der Waals surface area contributed by atoms with E-state index in [0.29, 0.717) is 5.69 Å². The second kappa shape index (κ2) is 4.12. The van der Waals surface area contributed by atoms with E-state index < -0.39 is 5.97 Å². The molecule has 1 aromatic rings. The predicted octanol–water partition coefficient (Wildman–Crippen LogP) is 2.68. The number of benzene rings is 1. The third-order valence-electron chi connectivity index (χ3n) is 3.56. The summed E-state index contributed by atoms with van der Waals surface area (Å²) in [7, 11) is 0. The van der Waals surface area contributed by atoms with Gasteiger partial charge in [0.05, 0.1) is 5.56 Å². The number of anilines is 1. The number of rotatable bonds is 3. The minimum Gasteiger partial charge on any atom is -0.478 e. The van der Waals surface area contributed by atoms with Gasteiger partial charge in [-0.15, -0.1) is 0 Å². The summed E-state index contributed by atoms with van der Waals surface area (Å²) in [5.74, 6) is -0.874. The Morgan fingerprint density at radius 2 is 2.00 bits per heavy atom. The van der Waals surface area contributed by atoms with Gasteiger partial charge in [0.25, 0.3) is 0 Å². The number of aryl methyl sites for hydroxylation is 1. The Morgan fingerprint density at radius 3 is 2.44 bits per heavy atom. The normalized spacial score (nSPS) is 20.3. The predicted molar refractivity (Wildman–Crippen MR) is 68.7 cm³/mol. The number of hydrogen-bond acceptors (Lipinski definition) is 2. The molecule has 1 atom stereocenters. The number of amides is 1. The fourth-order valence-corrected chi connectivity index (χ4v) is 2.07. The molecule has 2 rings (SSSR count). The molecule has 96 valence electrons. The van der Waals surface area contributed by atoms with Crippen molar-refractivity contribution >= 4 is 17.6 Å². The molecule has 1 saturated carbocycles. The van der Waals surface area contributed by atoms with Crippen LogP contribution in [0.2, 0.25) is 0 Å². The van der Waals surface area contributed by atoms with Crippen molar-refractivity contribution in [3.63, 3.8) is 0 Å². The Bertz CT molecular complexity index is 520. The average molecular weight is 247 g/mol. The van der Waals surface area contributed by atoms with Crippen molar-refractivity contribution in [2.45, 2.75) is 27.2 Å². The molecule has 0 aliphatic heterocycles. The highest BCUT2D eigenvalue weighted by atomic mass is 16.4. The van der Waals surface area contributed by atoms with Crippen LogP contribution in [0.15, 0.2) is 18.2 Å². The van der Waals surface area contributed by atoms with Gasteiger partial charge in [-0.05, 0) is 42.5 Å².